The highest BCUT2D eigenvalue weighted by molar-refractivity contribution is 6.28. The van der Waals surface area contributed by atoms with Gasteiger partial charge in [0.15, 0.2) is 0 Å². The molecule has 0 aliphatic carbocycles. The summed E-state index contributed by atoms with van der Waals surface area (Å²) in [5, 5.41) is 2.85. The maximum Gasteiger partial charge on any atom is 0.255 e. The molecule has 4 nitrogen and oxygen atoms in total. The van der Waals surface area contributed by atoms with E-state index in [9.17, 15) is 4.79 Å². The first kappa shape index (κ1) is 15.1. The second-order valence-corrected chi connectivity index (χ2v) is 4.88. The van der Waals surface area contributed by atoms with E-state index in [4.69, 9.17) is 17.3 Å². The highest BCUT2D eigenvalue weighted by Crippen LogP contribution is 2.16. The number of nitrogens with one attached hydrogen (secondary N) is 1. The molecular weight excluding hydrogens is 286 g/mol. The number of amides is 1. The summed E-state index contributed by atoms with van der Waals surface area (Å²) in [5.74, 6) is 0.273. The number of carbonyl (C=O) groups excluding carboxylic acids is 1. The SMILES string of the molecule is Cc1cccc(NC(=O)c2cccc(N=C(N)CCl)c2)c1. The van der Waals surface area contributed by atoms with Crippen LogP contribution >= 0.6 is 11.6 Å². The lowest BCUT2D eigenvalue weighted by Gasteiger charge is -2.06. The van der Waals surface area contributed by atoms with Crippen LogP contribution in [0.1, 0.15) is 15.9 Å². The second kappa shape index (κ2) is 6.90. The van der Waals surface area contributed by atoms with Gasteiger partial charge in [0, 0.05) is 11.3 Å². The van der Waals surface area contributed by atoms with Crippen molar-refractivity contribution in [3.05, 3.63) is 59.7 Å². The molecule has 0 saturated heterocycles. The molecule has 1 amide bonds. The van der Waals surface area contributed by atoms with E-state index in [1.807, 2.05) is 31.2 Å². The first-order valence-corrected chi connectivity index (χ1v) is 6.99. The molecule has 0 bridgehead atoms. The monoisotopic (exact) mass is 301 g/mol. The van der Waals surface area contributed by atoms with Gasteiger partial charge in [-0.1, -0.05) is 18.2 Å². The highest BCUT2D eigenvalue weighted by atomic mass is 35.5. The van der Waals surface area contributed by atoms with Gasteiger partial charge in [-0.15, -0.1) is 11.6 Å². The Hall–Kier alpha value is -2.33. The molecule has 0 unspecified atom stereocenters. The lowest BCUT2D eigenvalue weighted by atomic mass is 10.1. The lowest BCUT2D eigenvalue weighted by molar-refractivity contribution is 0.102. The van der Waals surface area contributed by atoms with Crippen LogP contribution < -0.4 is 11.1 Å². The molecule has 0 aliphatic heterocycles. The topological polar surface area (TPSA) is 67.5 Å². The number of carbonyl (C=O) groups is 1. The number of alkyl halides is 1. The molecule has 108 valence electrons. The summed E-state index contributed by atoms with van der Waals surface area (Å²) < 4.78 is 0. The van der Waals surface area contributed by atoms with Crippen LogP contribution in [0.2, 0.25) is 0 Å². The van der Waals surface area contributed by atoms with Gasteiger partial charge in [0.25, 0.3) is 5.91 Å². The van der Waals surface area contributed by atoms with Crippen molar-refractivity contribution in [2.24, 2.45) is 10.7 Å². The minimum Gasteiger partial charge on any atom is -0.386 e. The van der Waals surface area contributed by atoms with Crippen molar-refractivity contribution in [2.45, 2.75) is 6.92 Å². The van der Waals surface area contributed by atoms with Crippen LogP contribution in [0.5, 0.6) is 0 Å². The van der Waals surface area contributed by atoms with Crippen LogP contribution in [0.25, 0.3) is 0 Å². The van der Waals surface area contributed by atoms with E-state index in [1.165, 1.54) is 0 Å². The third kappa shape index (κ3) is 4.33. The Bertz CT molecular complexity index is 683. The molecule has 0 aliphatic rings. The zero-order valence-electron chi connectivity index (χ0n) is 11.6. The number of rotatable bonds is 4. The van der Waals surface area contributed by atoms with Gasteiger partial charge in [-0.05, 0) is 42.8 Å². The van der Waals surface area contributed by atoms with Crippen LogP contribution in [0.3, 0.4) is 0 Å². The number of benzene rings is 2. The van der Waals surface area contributed by atoms with Gasteiger partial charge in [0.2, 0.25) is 0 Å². The van der Waals surface area contributed by atoms with Crippen LogP contribution in [0, 0.1) is 6.92 Å². The Labute approximate surface area is 128 Å². The van der Waals surface area contributed by atoms with E-state index < -0.39 is 0 Å². The molecule has 5 heteroatoms. The van der Waals surface area contributed by atoms with Gasteiger partial charge < -0.3 is 11.1 Å². The summed E-state index contributed by atoms with van der Waals surface area (Å²) in [6.45, 7) is 1.97. The van der Waals surface area contributed by atoms with E-state index in [0.29, 0.717) is 17.1 Å². The normalized spacial score (nSPS) is 11.2. The number of aliphatic imine (C=N–C) groups is 1. The number of amidine groups is 1. The Balaban J connectivity index is 2.18. The summed E-state index contributed by atoms with van der Waals surface area (Å²) in [6, 6.07) is 14.5. The first-order chi connectivity index (χ1) is 10.1. The molecule has 2 aromatic carbocycles. The Kier molecular flexibility index (Phi) is 4.95. The van der Waals surface area contributed by atoms with E-state index in [0.717, 1.165) is 11.3 Å². The smallest absolute Gasteiger partial charge is 0.255 e. The standard InChI is InChI=1S/C16H16ClN3O/c1-11-4-2-6-13(8-11)20-16(21)12-5-3-7-14(9-12)19-15(18)10-17/h2-9H,10H2,1H3,(H2,18,19)(H,20,21). The first-order valence-electron chi connectivity index (χ1n) is 6.45. The van der Waals surface area contributed by atoms with Gasteiger partial charge in [0.05, 0.1) is 11.6 Å². The summed E-state index contributed by atoms with van der Waals surface area (Å²) in [4.78, 5) is 16.3. The summed E-state index contributed by atoms with van der Waals surface area (Å²) in [7, 11) is 0. The maximum atomic E-state index is 12.2. The molecule has 0 aromatic heterocycles. The molecule has 0 saturated carbocycles. The zero-order chi connectivity index (χ0) is 15.2. The minimum absolute atomic E-state index is 0.152. The molecule has 2 rings (SSSR count). The number of aryl methyl sites for hydroxylation is 1. The van der Waals surface area contributed by atoms with Crippen molar-refractivity contribution in [3.63, 3.8) is 0 Å². The fourth-order valence-electron chi connectivity index (χ4n) is 1.84. The van der Waals surface area contributed by atoms with E-state index in [2.05, 4.69) is 10.3 Å². The maximum absolute atomic E-state index is 12.2. The number of nitrogens with zero attached hydrogens (tertiary/aromatic N) is 1. The van der Waals surface area contributed by atoms with E-state index >= 15 is 0 Å². The van der Waals surface area contributed by atoms with Crippen molar-refractivity contribution in [1.82, 2.24) is 0 Å². The van der Waals surface area contributed by atoms with Gasteiger partial charge >= 0.3 is 0 Å². The van der Waals surface area contributed by atoms with Gasteiger partial charge in [0.1, 0.15) is 5.84 Å². The van der Waals surface area contributed by atoms with Crippen molar-refractivity contribution in [3.8, 4) is 0 Å². The van der Waals surface area contributed by atoms with Gasteiger partial charge in [-0.3, -0.25) is 4.79 Å². The minimum atomic E-state index is -0.193. The second-order valence-electron chi connectivity index (χ2n) is 4.61. The summed E-state index contributed by atoms with van der Waals surface area (Å²) in [5.41, 5.74) is 8.55. The van der Waals surface area contributed by atoms with Crippen molar-refractivity contribution in [2.75, 3.05) is 11.2 Å². The molecule has 0 atom stereocenters. The molecule has 2 aromatic rings. The average molecular weight is 302 g/mol. The summed E-state index contributed by atoms with van der Waals surface area (Å²) in [6.07, 6.45) is 0. The summed E-state index contributed by atoms with van der Waals surface area (Å²) >= 11 is 5.59. The third-order valence-corrected chi connectivity index (χ3v) is 3.07. The van der Waals surface area contributed by atoms with Crippen molar-refractivity contribution >= 4 is 34.7 Å². The Morgan fingerprint density at radius 1 is 1.24 bits per heavy atom. The Morgan fingerprint density at radius 3 is 2.71 bits per heavy atom. The number of anilines is 1. The predicted molar refractivity (Wildman–Crippen MR) is 87.6 cm³/mol. The number of halogens is 1. The quantitative estimate of drug-likeness (QED) is 0.516. The van der Waals surface area contributed by atoms with Crippen molar-refractivity contribution in [1.29, 1.82) is 0 Å². The molecule has 0 fully saturated rings. The van der Waals surface area contributed by atoms with Crippen molar-refractivity contribution < 1.29 is 4.79 Å². The molecule has 0 heterocycles. The number of hydrogen-bond acceptors (Lipinski definition) is 2. The lowest BCUT2D eigenvalue weighted by Crippen LogP contribution is -2.13. The fraction of sp³-hybridized carbons (Fsp3) is 0.125. The van der Waals surface area contributed by atoms with E-state index in [-0.39, 0.29) is 11.8 Å². The molecular formula is C16H16ClN3O. The third-order valence-electron chi connectivity index (χ3n) is 2.79. The van der Waals surface area contributed by atoms with Crippen LogP contribution in [0.15, 0.2) is 53.5 Å². The fourth-order valence-corrected chi connectivity index (χ4v) is 1.90. The van der Waals surface area contributed by atoms with Gasteiger partial charge in [-0.25, -0.2) is 4.99 Å². The molecule has 0 radical (unpaired) electrons. The number of hydrogen-bond donors (Lipinski definition) is 2. The van der Waals surface area contributed by atoms with Crippen LogP contribution in [0.4, 0.5) is 11.4 Å². The van der Waals surface area contributed by atoms with E-state index in [1.54, 1.807) is 24.3 Å². The van der Waals surface area contributed by atoms with Crippen LogP contribution in [-0.4, -0.2) is 17.6 Å². The largest absolute Gasteiger partial charge is 0.386 e. The number of nitrogens with two attached hydrogens (primary N) is 1. The molecule has 3 N–H and O–H groups in total. The Morgan fingerprint density at radius 2 is 2.00 bits per heavy atom. The molecule has 21 heavy (non-hydrogen) atoms. The van der Waals surface area contributed by atoms with Gasteiger partial charge in [-0.2, -0.15) is 0 Å². The van der Waals surface area contributed by atoms with Crippen LogP contribution in [-0.2, 0) is 0 Å². The predicted octanol–water partition coefficient (Wildman–Crippen LogP) is 3.47. The zero-order valence-corrected chi connectivity index (χ0v) is 12.4. The molecule has 0 spiro atoms. The average Bonchev–Trinajstić information content (AvgIpc) is 2.47. The highest BCUT2D eigenvalue weighted by Gasteiger charge is 2.07.